The number of carbonyl (C=O) groups is 1. The number of hydrogen-bond donors (Lipinski definition) is 1. The van der Waals surface area contributed by atoms with E-state index in [-0.39, 0.29) is 5.91 Å². The first kappa shape index (κ1) is 22.0. The second-order valence-corrected chi connectivity index (χ2v) is 6.55. The molecule has 162 valence electrons. The van der Waals surface area contributed by atoms with Crippen LogP contribution < -0.4 is 24.6 Å². The fraction of sp³-hybridized carbons (Fsp3) is 0.240. The first-order valence-electron chi connectivity index (χ1n) is 10.5. The van der Waals surface area contributed by atoms with Crippen molar-refractivity contribution in [2.24, 2.45) is 0 Å². The molecule has 1 amide bonds. The number of amides is 1. The number of anilines is 2. The van der Waals surface area contributed by atoms with Crippen molar-refractivity contribution in [3.63, 3.8) is 0 Å². The third-order valence-corrected chi connectivity index (χ3v) is 4.41. The van der Waals surface area contributed by atoms with E-state index >= 15 is 0 Å². The number of nitrogens with zero attached hydrogens (tertiary/aromatic N) is 1. The Hall–Kier alpha value is -3.67. The third-order valence-electron chi connectivity index (χ3n) is 4.41. The number of ether oxygens (including phenoxy) is 3. The molecule has 0 spiro atoms. The molecular weight excluding hydrogens is 392 g/mol. The molecule has 3 rings (SSSR count). The molecule has 0 bridgehead atoms. The van der Waals surface area contributed by atoms with Crippen molar-refractivity contribution in [2.75, 3.05) is 24.8 Å². The number of rotatable bonds is 10. The molecule has 0 aliphatic rings. The van der Waals surface area contributed by atoms with Crippen molar-refractivity contribution in [1.82, 2.24) is 5.43 Å². The maximum atomic E-state index is 13.3. The van der Waals surface area contributed by atoms with Crippen LogP contribution in [0.3, 0.4) is 0 Å². The molecule has 1 N–H and O–H groups in total. The molecule has 3 aromatic carbocycles. The molecule has 0 heterocycles. The highest BCUT2D eigenvalue weighted by Gasteiger charge is 2.20. The monoisotopic (exact) mass is 420 g/mol. The Morgan fingerprint density at radius 2 is 1.19 bits per heavy atom. The van der Waals surface area contributed by atoms with Gasteiger partial charge >= 0.3 is 0 Å². The number of nitrogens with one attached hydrogen (secondary N) is 1. The van der Waals surface area contributed by atoms with Gasteiger partial charge in [0.25, 0.3) is 5.91 Å². The highest BCUT2D eigenvalue weighted by Crippen LogP contribution is 2.39. The molecule has 31 heavy (non-hydrogen) atoms. The predicted octanol–water partition coefficient (Wildman–Crippen LogP) is 5.37. The molecular formula is C25H28N2O4. The van der Waals surface area contributed by atoms with Crippen LogP contribution in [0.15, 0.2) is 72.8 Å². The van der Waals surface area contributed by atoms with Gasteiger partial charge in [0.15, 0.2) is 11.5 Å². The summed E-state index contributed by atoms with van der Waals surface area (Å²) < 4.78 is 17.2. The molecule has 6 nitrogen and oxygen atoms in total. The summed E-state index contributed by atoms with van der Waals surface area (Å²) in [5.41, 5.74) is 5.08. The molecule has 0 aromatic heterocycles. The molecule has 6 heteroatoms. The van der Waals surface area contributed by atoms with Gasteiger partial charge in [-0.25, -0.2) is 0 Å². The van der Waals surface area contributed by atoms with Gasteiger partial charge in [0, 0.05) is 5.56 Å². The SMILES string of the molecule is CCOc1cc(C(=O)NN(c2ccccc2)c2ccccc2)cc(OCC)c1OCC. The topological polar surface area (TPSA) is 60.0 Å². The lowest BCUT2D eigenvalue weighted by Crippen LogP contribution is -2.39. The maximum absolute atomic E-state index is 13.3. The van der Waals surface area contributed by atoms with Gasteiger partial charge in [0.2, 0.25) is 5.75 Å². The van der Waals surface area contributed by atoms with Gasteiger partial charge < -0.3 is 14.2 Å². The quantitative estimate of drug-likeness (QED) is 0.447. The molecule has 0 saturated carbocycles. The fourth-order valence-corrected chi connectivity index (χ4v) is 3.12. The smallest absolute Gasteiger partial charge is 0.270 e. The second kappa shape index (κ2) is 10.9. The summed E-state index contributed by atoms with van der Waals surface area (Å²) in [7, 11) is 0. The van der Waals surface area contributed by atoms with Crippen LogP contribution >= 0.6 is 0 Å². The van der Waals surface area contributed by atoms with Gasteiger partial charge in [-0.1, -0.05) is 36.4 Å². The van der Waals surface area contributed by atoms with Crippen LogP contribution in [0.1, 0.15) is 31.1 Å². The Morgan fingerprint density at radius 1 is 0.742 bits per heavy atom. The minimum atomic E-state index is -0.294. The first-order valence-corrected chi connectivity index (χ1v) is 10.5. The molecule has 0 atom stereocenters. The Labute approximate surface area is 183 Å². The summed E-state index contributed by atoms with van der Waals surface area (Å²) in [6.07, 6.45) is 0. The minimum Gasteiger partial charge on any atom is -0.490 e. The van der Waals surface area contributed by atoms with E-state index in [1.54, 1.807) is 17.1 Å². The van der Waals surface area contributed by atoms with Crippen molar-refractivity contribution in [3.05, 3.63) is 78.4 Å². The predicted molar refractivity (Wildman–Crippen MR) is 122 cm³/mol. The van der Waals surface area contributed by atoms with E-state index in [0.29, 0.717) is 42.6 Å². The van der Waals surface area contributed by atoms with E-state index in [1.165, 1.54) is 0 Å². The van der Waals surface area contributed by atoms with Crippen LogP contribution in [0, 0.1) is 0 Å². The minimum absolute atomic E-state index is 0.294. The van der Waals surface area contributed by atoms with E-state index in [1.807, 2.05) is 81.4 Å². The van der Waals surface area contributed by atoms with Gasteiger partial charge in [0.05, 0.1) is 31.2 Å². The second-order valence-electron chi connectivity index (χ2n) is 6.55. The fourth-order valence-electron chi connectivity index (χ4n) is 3.12. The molecule has 0 aliphatic carbocycles. The highest BCUT2D eigenvalue weighted by atomic mass is 16.5. The molecule has 3 aromatic rings. The first-order chi connectivity index (χ1) is 15.2. The molecule has 0 saturated heterocycles. The Balaban J connectivity index is 1.98. The standard InChI is InChI=1S/C25H28N2O4/c1-4-29-22-17-19(18-23(30-5-2)24(22)31-6-3)25(28)26-27(20-13-9-7-10-14-20)21-15-11-8-12-16-21/h7-18H,4-6H2,1-3H3,(H,26,28). The lowest BCUT2D eigenvalue weighted by molar-refractivity contribution is 0.0952. The van der Waals surface area contributed by atoms with E-state index in [9.17, 15) is 4.79 Å². The molecule has 0 unspecified atom stereocenters. The van der Waals surface area contributed by atoms with Crippen LogP contribution in [0.5, 0.6) is 17.2 Å². The van der Waals surface area contributed by atoms with Crippen molar-refractivity contribution in [2.45, 2.75) is 20.8 Å². The van der Waals surface area contributed by atoms with Crippen LogP contribution in [0.25, 0.3) is 0 Å². The van der Waals surface area contributed by atoms with Gasteiger partial charge in [0.1, 0.15) is 0 Å². The van der Waals surface area contributed by atoms with Crippen molar-refractivity contribution in [1.29, 1.82) is 0 Å². The van der Waals surface area contributed by atoms with Crippen molar-refractivity contribution >= 4 is 17.3 Å². The van der Waals surface area contributed by atoms with E-state index in [4.69, 9.17) is 14.2 Å². The number of para-hydroxylation sites is 2. The normalized spacial score (nSPS) is 10.3. The van der Waals surface area contributed by atoms with Crippen LogP contribution in [-0.4, -0.2) is 25.7 Å². The summed E-state index contributed by atoms with van der Waals surface area (Å²) in [4.78, 5) is 13.3. The molecule has 0 fully saturated rings. The van der Waals surface area contributed by atoms with Gasteiger partial charge in [-0.3, -0.25) is 15.2 Å². The maximum Gasteiger partial charge on any atom is 0.270 e. The van der Waals surface area contributed by atoms with Gasteiger partial charge in [-0.15, -0.1) is 0 Å². The Morgan fingerprint density at radius 3 is 1.61 bits per heavy atom. The molecule has 0 radical (unpaired) electrons. The van der Waals surface area contributed by atoms with Gasteiger partial charge in [-0.2, -0.15) is 0 Å². The van der Waals surface area contributed by atoms with E-state index in [0.717, 1.165) is 11.4 Å². The van der Waals surface area contributed by atoms with Crippen molar-refractivity contribution < 1.29 is 19.0 Å². The van der Waals surface area contributed by atoms with E-state index < -0.39 is 0 Å². The summed E-state index contributed by atoms with van der Waals surface area (Å²) in [5.74, 6) is 1.17. The largest absolute Gasteiger partial charge is 0.490 e. The van der Waals surface area contributed by atoms with Gasteiger partial charge in [-0.05, 0) is 57.2 Å². The Bertz CT molecular complexity index is 911. The third kappa shape index (κ3) is 5.48. The zero-order chi connectivity index (χ0) is 22.1. The average molecular weight is 421 g/mol. The average Bonchev–Trinajstić information content (AvgIpc) is 2.80. The Kier molecular flexibility index (Phi) is 7.76. The van der Waals surface area contributed by atoms with Crippen molar-refractivity contribution in [3.8, 4) is 17.2 Å². The summed E-state index contributed by atoms with van der Waals surface area (Å²) in [6.45, 7) is 7.00. The lowest BCUT2D eigenvalue weighted by Gasteiger charge is -2.26. The molecule has 0 aliphatic heterocycles. The summed E-state index contributed by atoms with van der Waals surface area (Å²) in [5, 5.41) is 1.75. The van der Waals surface area contributed by atoms with E-state index in [2.05, 4.69) is 5.43 Å². The van der Waals surface area contributed by atoms with Crippen LogP contribution in [0.4, 0.5) is 11.4 Å². The summed E-state index contributed by atoms with van der Waals surface area (Å²) >= 11 is 0. The van der Waals surface area contributed by atoms with Crippen LogP contribution in [0.2, 0.25) is 0 Å². The van der Waals surface area contributed by atoms with Crippen LogP contribution in [-0.2, 0) is 0 Å². The number of hydrazine groups is 1. The number of hydrogen-bond acceptors (Lipinski definition) is 5. The lowest BCUT2D eigenvalue weighted by atomic mass is 10.1. The zero-order valence-electron chi connectivity index (χ0n) is 18.1. The highest BCUT2D eigenvalue weighted by molar-refractivity contribution is 5.97. The number of benzene rings is 3. The summed E-state index contributed by atoms with van der Waals surface area (Å²) in [6, 6.07) is 22.7. The number of carbonyl (C=O) groups excluding carboxylic acids is 1. The zero-order valence-corrected chi connectivity index (χ0v) is 18.1.